The Morgan fingerprint density at radius 3 is 2.81 bits per heavy atom. The lowest BCUT2D eigenvalue weighted by molar-refractivity contribution is -0.134. The van der Waals surface area contributed by atoms with Gasteiger partial charge in [-0.3, -0.25) is 19.1 Å². The Balaban J connectivity index is 2.01. The van der Waals surface area contributed by atoms with E-state index in [0.29, 0.717) is 35.2 Å². The van der Waals surface area contributed by atoms with Gasteiger partial charge in [0.25, 0.3) is 0 Å². The highest BCUT2D eigenvalue weighted by Crippen LogP contribution is 2.41. The molecule has 5 heteroatoms. The van der Waals surface area contributed by atoms with Crippen LogP contribution in [0.5, 0.6) is 0 Å². The Hall–Kier alpha value is -2.40. The van der Waals surface area contributed by atoms with Crippen LogP contribution in [-0.2, 0) is 11.2 Å². The number of carbonyl (C=O) groups excluding carboxylic acids is 2. The van der Waals surface area contributed by atoms with Crippen molar-refractivity contribution in [1.29, 1.82) is 0 Å². The lowest BCUT2D eigenvalue weighted by Crippen LogP contribution is -2.47. The number of hydrogen-bond donors (Lipinski definition) is 0. The maximum Gasteiger partial charge on any atom is 0.230 e. The largest absolute Gasteiger partial charge is 0.343 e. The number of hydrogen-bond acceptors (Lipinski definition) is 3. The molecule has 27 heavy (non-hydrogen) atoms. The highest BCUT2D eigenvalue weighted by atomic mass is 16.2. The summed E-state index contributed by atoms with van der Waals surface area (Å²) in [7, 11) is 0. The second-order valence-corrected chi connectivity index (χ2v) is 7.11. The molecule has 2 atom stereocenters. The van der Waals surface area contributed by atoms with Crippen LogP contribution in [0.4, 0.5) is 0 Å². The molecule has 1 aromatic carbocycles. The molecule has 142 valence electrons. The van der Waals surface area contributed by atoms with Crippen LogP contribution < -0.4 is 0 Å². The summed E-state index contributed by atoms with van der Waals surface area (Å²) in [5, 5.41) is 0.528. The van der Waals surface area contributed by atoms with E-state index < -0.39 is 24.8 Å². The second-order valence-electron chi connectivity index (χ2n) is 7.11. The number of likely N-dealkylation sites (N-methyl/N-ethyl adjacent to an activating group) is 1. The third-order valence-corrected chi connectivity index (χ3v) is 5.61. The minimum atomic E-state index is -2.48. The molecule has 0 bridgehead atoms. The van der Waals surface area contributed by atoms with E-state index in [1.807, 2.05) is 13.8 Å². The Bertz CT molecular complexity index is 1200. The molecule has 0 saturated heterocycles. The van der Waals surface area contributed by atoms with Crippen molar-refractivity contribution in [3.05, 3.63) is 41.5 Å². The van der Waals surface area contributed by atoms with E-state index in [4.69, 9.17) is 8.22 Å². The quantitative estimate of drug-likeness (QED) is 0.833. The molecule has 0 saturated carbocycles. The van der Waals surface area contributed by atoms with Gasteiger partial charge in [-0.1, -0.05) is 18.2 Å². The number of rotatable bonds is 3. The minimum Gasteiger partial charge on any atom is -0.343 e. The van der Waals surface area contributed by atoms with Gasteiger partial charge in [-0.05, 0) is 50.0 Å². The van der Waals surface area contributed by atoms with Gasteiger partial charge >= 0.3 is 0 Å². The first kappa shape index (κ1) is 12.1. The van der Waals surface area contributed by atoms with Gasteiger partial charge in [0, 0.05) is 48.3 Å². The van der Waals surface area contributed by atoms with E-state index in [2.05, 4.69) is 0 Å². The minimum absolute atomic E-state index is 0.0173. The summed E-state index contributed by atoms with van der Waals surface area (Å²) in [6.45, 7) is 3.60. The van der Waals surface area contributed by atoms with Crippen LogP contribution >= 0.6 is 0 Å². The van der Waals surface area contributed by atoms with Crippen molar-refractivity contribution in [1.82, 2.24) is 14.4 Å². The maximum absolute atomic E-state index is 13.2. The van der Waals surface area contributed by atoms with E-state index in [1.165, 1.54) is 17.9 Å². The van der Waals surface area contributed by atoms with Crippen molar-refractivity contribution in [2.24, 2.45) is 5.92 Å². The van der Waals surface area contributed by atoms with Gasteiger partial charge in [-0.25, -0.2) is 0 Å². The molecule has 0 N–H and O–H groups in total. The van der Waals surface area contributed by atoms with E-state index in [1.54, 1.807) is 11.0 Å². The predicted octanol–water partition coefficient (Wildman–Crippen LogP) is 3.04. The van der Waals surface area contributed by atoms with Gasteiger partial charge in [-0.2, -0.15) is 0 Å². The average Bonchev–Trinajstić information content (AvgIpc) is 3.04. The highest BCUT2D eigenvalue weighted by Gasteiger charge is 2.37. The topological polar surface area (TPSA) is 45.6 Å². The first-order chi connectivity index (χ1) is 15.4. The van der Waals surface area contributed by atoms with Gasteiger partial charge in [-0.15, -0.1) is 0 Å². The van der Waals surface area contributed by atoms with Crippen LogP contribution in [0.15, 0.2) is 30.4 Å². The SMILES string of the molecule is [2H]c1cc2c3c(c([2H])n(C(C)=O)c3c1[2H])C[C@@H]1C2=C[C@@H](C(=O)N(CC)CC)CN1C([2H])([2H])[2H]. The first-order valence-corrected chi connectivity index (χ1v) is 9.34. The first-order valence-electron chi connectivity index (χ1n) is 12.3. The maximum atomic E-state index is 13.2. The Kier molecular flexibility index (Phi) is 2.99. The van der Waals surface area contributed by atoms with Crippen molar-refractivity contribution in [2.45, 2.75) is 33.2 Å². The molecule has 4 rings (SSSR count). The Labute approximate surface area is 168 Å². The summed E-state index contributed by atoms with van der Waals surface area (Å²) in [5.74, 6) is -1.28. The summed E-state index contributed by atoms with van der Waals surface area (Å²) < 4.78 is 50.9. The Morgan fingerprint density at radius 1 is 1.37 bits per heavy atom. The monoisotopic (exact) mass is 371 g/mol. The Morgan fingerprint density at radius 2 is 2.15 bits per heavy atom. The molecule has 0 radical (unpaired) electrons. The number of carbonyl (C=O) groups is 2. The zero-order valence-electron chi connectivity index (χ0n) is 21.8. The summed E-state index contributed by atoms with van der Waals surface area (Å²) >= 11 is 0. The molecular formula is C22H27N3O2. The molecule has 1 aliphatic heterocycles. The summed E-state index contributed by atoms with van der Waals surface area (Å²) in [4.78, 5) is 28.5. The number of nitrogens with zero attached hydrogens (tertiary/aromatic N) is 3. The predicted molar refractivity (Wildman–Crippen MR) is 108 cm³/mol. The summed E-state index contributed by atoms with van der Waals surface area (Å²) in [5.41, 5.74) is 1.82. The smallest absolute Gasteiger partial charge is 0.230 e. The fourth-order valence-electron chi connectivity index (χ4n) is 4.26. The van der Waals surface area contributed by atoms with Gasteiger partial charge in [0.1, 0.15) is 0 Å². The van der Waals surface area contributed by atoms with E-state index in [0.717, 1.165) is 4.57 Å². The molecule has 2 aromatic rings. The molecule has 5 nitrogen and oxygen atoms in total. The molecule has 0 spiro atoms. The zero-order chi connectivity index (χ0) is 24.4. The van der Waals surface area contributed by atoms with Crippen molar-refractivity contribution < 1.29 is 17.8 Å². The molecular weight excluding hydrogens is 338 g/mol. The molecule has 2 heterocycles. The average molecular weight is 372 g/mol. The fourth-order valence-corrected chi connectivity index (χ4v) is 4.26. The van der Waals surface area contributed by atoms with Crippen LogP contribution in [0.2, 0.25) is 0 Å². The van der Waals surface area contributed by atoms with Gasteiger partial charge in [0.2, 0.25) is 11.8 Å². The van der Waals surface area contributed by atoms with Crippen LogP contribution in [0, 0.1) is 5.92 Å². The lowest BCUT2D eigenvalue weighted by atomic mass is 9.79. The van der Waals surface area contributed by atoms with Gasteiger partial charge in [0.05, 0.1) is 15.5 Å². The van der Waals surface area contributed by atoms with Crippen molar-refractivity contribution >= 4 is 28.3 Å². The molecule has 1 aliphatic carbocycles. The number of aromatic nitrogens is 1. The third-order valence-electron chi connectivity index (χ3n) is 5.61. The molecule has 0 fully saturated rings. The number of amides is 1. The zero-order valence-corrected chi connectivity index (χ0v) is 15.8. The standard InChI is InChI=1S/C22H27N3O2/c1-5-24(6-2)22(27)16-10-18-17-8-7-9-19-21(17)15(13-25(19)14(3)26)11-20(18)23(4)12-16/h7-10,13,16,20H,5-6,11-12H2,1-4H3/t16-,20-/m1/s1/i4D3,7D,9D,13D. The van der Waals surface area contributed by atoms with Crippen LogP contribution in [0.3, 0.4) is 0 Å². The van der Waals surface area contributed by atoms with Crippen LogP contribution in [0.1, 0.15) is 44.9 Å². The fraction of sp³-hybridized carbons (Fsp3) is 0.455. The number of fused-ring (bicyclic) bond motifs is 2. The van der Waals surface area contributed by atoms with Crippen molar-refractivity contribution in [3.8, 4) is 0 Å². The second kappa shape index (κ2) is 6.64. The van der Waals surface area contributed by atoms with Gasteiger partial charge < -0.3 is 4.90 Å². The van der Waals surface area contributed by atoms with Crippen LogP contribution in [-0.4, -0.2) is 58.8 Å². The molecule has 1 aromatic heterocycles. The normalized spacial score (nSPS) is 25.4. The van der Waals surface area contributed by atoms with Crippen molar-refractivity contribution in [3.63, 3.8) is 0 Å². The van der Waals surface area contributed by atoms with Crippen molar-refractivity contribution in [2.75, 3.05) is 26.6 Å². The van der Waals surface area contributed by atoms with E-state index in [-0.39, 0.29) is 42.6 Å². The molecule has 2 aliphatic rings. The summed E-state index contributed by atoms with van der Waals surface area (Å²) in [6, 6.07) is 0.597. The number of benzene rings is 1. The molecule has 1 amide bonds. The highest BCUT2D eigenvalue weighted by molar-refractivity contribution is 6.03. The van der Waals surface area contributed by atoms with E-state index in [9.17, 15) is 9.59 Å². The molecule has 0 unspecified atom stereocenters. The summed E-state index contributed by atoms with van der Waals surface area (Å²) in [6.07, 6.45) is 1.89. The third kappa shape index (κ3) is 2.72. The van der Waals surface area contributed by atoms with Crippen LogP contribution in [0.25, 0.3) is 16.5 Å². The van der Waals surface area contributed by atoms with Gasteiger partial charge in [0.15, 0.2) is 0 Å². The lowest BCUT2D eigenvalue weighted by Gasteiger charge is -2.40. The van der Waals surface area contributed by atoms with E-state index >= 15 is 0 Å².